The summed E-state index contributed by atoms with van der Waals surface area (Å²) in [5.41, 5.74) is 1.18. The van der Waals surface area contributed by atoms with Gasteiger partial charge in [0.05, 0.1) is 0 Å². The van der Waals surface area contributed by atoms with Crippen molar-refractivity contribution in [1.29, 1.82) is 0 Å². The highest BCUT2D eigenvalue weighted by Crippen LogP contribution is 2.17. The molecule has 0 N–H and O–H groups in total. The van der Waals surface area contributed by atoms with Crippen molar-refractivity contribution in [3.05, 3.63) is 24.9 Å². The second kappa shape index (κ2) is 4.12. The molecule has 0 fully saturated rings. The molecule has 0 aromatic carbocycles. The van der Waals surface area contributed by atoms with Crippen LogP contribution in [0.5, 0.6) is 0 Å². The highest BCUT2D eigenvalue weighted by atomic mass is 14.7. The summed E-state index contributed by atoms with van der Waals surface area (Å²) in [5, 5.41) is 0. The van der Waals surface area contributed by atoms with Gasteiger partial charge >= 0.3 is 0 Å². The molecule has 0 aromatic heterocycles. The minimum absolute atomic E-state index is 0.112. The first-order valence-electron chi connectivity index (χ1n) is 3.84. The molecule has 0 aliphatic heterocycles. The largest absolute Gasteiger partial charge is 0.261 e. The van der Waals surface area contributed by atoms with Gasteiger partial charge in [0.1, 0.15) is 0 Å². The third-order valence-electron chi connectivity index (χ3n) is 1.32. The van der Waals surface area contributed by atoms with Crippen molar-refractivity contribution in [2.45, 2.75) is 27.7 Å². The molecule has 1 nitrogen and oxygen atoms in total. The molecule has 0 rings (SSSR count). The number of allylic oxidation sites excluding steroid dienone is 2. The standard InChI is InChI=1S/C10H17N/c1-6-8-9(11-7-2)10(3,4)5/h6-8H,2H2,1,3-5H3/b8-6-,11-9+. The molecule has 0 saturated heterocycles. The Morgan fingerprint density at radius 2 is 1.91 bits per heavy atom. The van der Waals surface area contributed by atoms with Crippen LogP contribution in [0.25, 0.3) is 0 Å². The zero-order chi connectivity index (χ0) is 8.91. The van der Waals surface area contributed by atoms with E-state index >= 15 is 0 Å². The molecule has 0 saturated carbocycles. The summed E-state index contributed by atoms with van der Waals surface area (Å²) >= 11 is 0. The van der Waals surface area contributed by atoms with Gasteiger partial charge in [-0.2, -0.15) is 0 Å². The van der Waals surface area contributed by atoms with E-state index in [9.17, 15) is 0 Å². The van der Waals surface area contributed by atoms with Crippen LogP contribution in [-0.4, -0.2) is 5.71 Å². The van der Waals surface area contributed by atoms with E-state index in [4.69, 9.17) is 0 Å². The Balaban J connectivity index is 4.61. The first kappa shape index (κ1) is 10.2. The van der Waals surface area contributed by atoms with Crippen molar-refractivity contribution in [2.24, 2.45) is 10.4 Å². The average molecular weight is 151 g/mol. The van der Waals surface area contributed by atoms with Gasteiger partial charge in [-0.1, -0.05) is 33.4 Å². The maximum atomic E-state index is 4.18. The molecule has 0 heterocycles. The van der Waals surface area contributed by atoms with E-state index in [1.54, 1.807) is 6.20 Å². The fraction of sp³-hybridized carbons (Fsp3) is 0.500. The third-order valence-corrected chi connectivity index (χ3v) is 1.32. The van der Waals surface area contributed by atoms with Crippen LogP contribution in [0.4, 0.5) is 0 Å². The molecule has 0 spiro atoms. The molecule has 0 atom stereocenters. The molecule has 62 valence electrons. The smallest absolute Gasteiger partial charge is 0.0453 e. The maximum absolute atomic E-state index is 4.18. The van der Waals surface area contributed by atoms with E-state index in [1.807, 2.05) is 19.1 Å². The second-order valence-electron chi connectivity index (χ2n) is 3.45. The van der Waals surface area contributed by atoms with Gasteiger partial charge in [0.15, 0.2) is 0 Å². The van der Waals surface area contributed by atoms with Crippen LogP contribution in [0.15, 0.2) is 29.9 Å². The zero-order valence-electron chi connectivity index (χ0n) is 7.89. The topological polar surface area (TPSA) is 12.4 Å². The van der Waals surface area contributed by atoms with Crippen LogP contribution in [0.1, 0.15) is 27.7 Å². The summed E-state index contributed by atoms with van der Waals surface area (Å²) in [6.45, 7) is 12.0. The van der Waals surface area contributed by atoms with E-state index in [0.717, 1.165) is 5.71 Å². The molecule has 0 aromatic rings. The molecule has 11 heavy (non-hydrogen) atoms. The normalized spacial score (nSPS) is 14.0. The molecule has 0 aliphatic rings. The number of nitrogens with zero attached hydrogens (tertiary/aromatic N) is 1. The first-order valence-corrected chi connectivity index (χ1v) is 3.84. The van der Waals surface area contributed by atoms with Crippen molar-refractivity contribution in [3.8, 4) is 0 Å². The number of hydrogen-bond donors (Lipinski definition) is 0. The summed E-state index contributed by atoms with van der Waals surface area (Å²) < 4.78 is 0. The zero-order valence-corrected chi connectivity index (χ0v) is 7.89. The third kappa shape index (κ3) is 3.76. The summed E-state index contributed by atoms with van der Waals surface area (Å²) in [5.74, 6) is 0. The minimum Gasteiger partial charge on any atom is -0.261 e. The lowest BCUT2D eigenvalue weighted by atomic mass is 9.89. The van der Waals surface area contributed by atoms with E-state index in [0.29, 0.717) is 0 Å². The van der Waals surface area contributed by atoms with Crippen LogP contribution in [0.2, 0.25) is 0 Å². The van der Waals surface area contributed by atoms with Crippen LogP contribution < -0.4 is 0 Å². The van der Waals surface area contributed by atoms with Gasteiger partial charge < -0.3 is 0 Å². The van der Waals surface area contributed by atoms with Crippen molar-refractivity contribution in [1.82, 2.24) is 0 Å². The van der Waals surface area contributed by atoms with E-state index in [1.165, 1.54) is 0 Å². The Labute approximate surface area is 69.5 Å². The lowest BCUT2D eigenvalue weighted by Gasteiger charge is -2.17. The molecule has 1 heteroatoms. The predicted octanol–water partition coefficient (Wildman–Crippen LogP) is 3.19. The number of aliphatic imine (C=N–C) groups is 1. The van der Waals surface area contributed by atoms with Crippen LogP contribution in [-0.2, 0) is 0 Å². The first-order chi connectivity index (χ1) is 5.02. The summed E-state index contributed by atoms with van der Waals surface area (Å²) in [7, 11) is 0. The summed E-state index contributed by atoms with van der Waals surface area (Å²) in [6, 6.07) is 0. The Morgan fingerprint density at radius 3 is 2.18 bits per heavy atom. The Hall–Kier alpha value is -0.850. The quantitative estimate of drug-likeness (QED) is 0.537. The summed E-state index contributed by atoms with van der Waals surface area (Å²) in [6.07, 6.45) is 5.59. The van der Waals surface area contributed by atoms with Crippen LogP contribution in [0, 0.1) is 5.41 Å². The van der Waals surface area contributed by atoms with E-state index in [-0.39, 0.29) is 5.41 Å². The highest BCUT2D eigenvalue weighted by Gasteiger charge is 2.14. The molecule has 0 bridgehead atoms. The minimum atomic E-state index is 0.112. The number of rotatable bonds is 2. The molecular weight excluding hydrogens is 134 g/mol. The van der Waals surface area contributed by atoms with E-state index < -0.39 is 0 Å². The SMILES string of the molecule is C=C/N=C(\C=C/C)C(C)(C)C. The molecular formula is C10H17N. The van der Waals surface area contributed by atoms with Crippen molar-refractivity contribution < 1.29 is 0 Å². The van der Waals surface area contributed by atoms with Gasteiger partial charge in [-0.05, 0) is 13.0 Å². The number of hydrogen-bond acceptors (Lipinski definition) is 1. The van der Waals surface area contributed by atoms with Crippen LogP contribution in [0.3, 0.4) is 0 Å². The van der Waals surface area contributed by atoms with Gasteiger partial charge in [-0.15, -0.1) is 0 Å². The maximum Gasteiger partial charge on any atom is 0.0453 e. The van der Waals surface area contributed by atoms with E-state index in [2.05, 4.69) is 32.3 Å². The molecule has 0 amide bonds. The molecule has 0 radical (unpaired) electrons. The van der Waals surface area contributed by atoms with Gasteiger partial charge in [0, 0.05) is 17.3 Å². The lowest BCUT2D eigenvalue weighted by Crippen LogP contribution is -2.17. The average Bonchev–Trinajstić information content (AvgIpc) is 1.85. The lowest BCUT2D eigenvalue weighted by molar-refractivity contribution is 0.594. The van der Waals surface area contributed by atoms with Gasteiger partial charge in [0.25, 0.3) is 0 Å². The highest BCUT2D eigenvalue weighted by molar-refractivity contribution is 5.99. The second-order valence-corrected chi connectivity index (χ2v) is 3.45. The monoisotopic (exact) mass is 151 g/mol. The Bertz CT molecular complexity index is 180. The summed E-state index contributed by atoms with van der Waals surface area (Å²) in [4.78, 5) is 4.18. The van der Waals surface area contributed by atoms with Crippen molar-refractivity contribution in [3.63, 3.8) is 0 Å². The predicted molar refractivity (Wildman–Crippen MR) is 51.9 cm³/mol. The van der Waals surface area contributed by atoms with Gasteiger partial charge in [-0.25, -0.2) is 0 Å². The van der Waals surface area contributed by atoms with Crippen molar-refractivity contribution >= 4 is 5.71 Å². The van der Waals surface area contributed by atoms with Crippen LogP contribution >= 0.6 is 0 Å². The fourth-order valence-corrected chi connectivity index (χ4v) is 0.743. The molecule has 0 aliphatic carbocycles. The fourth-order valence-electron chi connectivity index (χ4n) is 0.743. The molecule has 0 unspecified atom stereocenters. The van der Waals surface area contributed by atoms with Crippen molar-refractivity contribution in [2.75, 3.05) is 0 Å². The van der Waals surface area contributed by atoms with Gasteiger partial charge in [-0.3, -0.25) is 4.99 Å². The Kier molecular flexibility index (Phi) is 3.80. The van der Waals surface area contributed by atoms with Gasteiger partial charge in [0.2, 0.25) is 0 Å². The Morgan fingerprint density at radius 1 is 1.36 bits per heavy atom.